The van der Waals surface area contributed by atoms with Gasteiger partial charge < -0.3 is 20.4 Å². The molecule has 6 nitrogen and oxygen atoms in total. The monoisotopic (exact) mass is 279 g/mol. The smallest absolute Gasteiger partial charge is 0.258 e. The third kappa shape index (κ3) is 3.20. The Balaban J connectivity index is 1.98. The fourth-order valence-corrected chi connectivity index (χ4v) is 2.38. The molecule has 2 rings (SSSR count). The van der Waals surface area contributed by atoms with Crippen molar-refractivity contribution >= 4 is 5.91 Å². The van der Waals surface area contributed by atoms with E-state index in [1.807, 2.05) is 7.05 Å². The Hall–Kier alpha value is -1.79. The minimum atomic E-state index is -0.456. The Morgan fingerprint density at radius 1 is 1.30 bits per heavy atom. The summed E-state index contributed by atoms with van der Waals surface area (Å²) in [6, 6.07) is 4.49. The fourth-order valence-electron chi connectivity index (χ4n) is 2.38. The molecule has 1 amide bonds. The predicted octanol–water partition coefficient (Wildman–Crippen LogP) is 0.0734. The van der Waals surface area contributed by atoms with Crippen LogP contribution in [-0.2, 0) is 0 Å². The fraction of sp³-hybridized carbons (Fsp3) is 0.500. The van der Waals surface area contributed by atoms with Gasteiger partial charge in [-0.25, -0.2) is 0 Å². The number of nitrogens with one attached hydrogen (secondary N) is 1. The van der Waals surface area contributed by atoms with Crippen molar-refractivity contribution in [2.75, 3.05) is 40.3 Å². The van der Waals surface area contributed by atoms with E-state index in [2.05, 4.69) is 22.2 Å². The molecule has 110 valence electrons. The molecule has 6 heteroatoms. The van der Waals surface area contributed by atoms with E-state index in [1.54, 1.807) is 0 Å². The molecule has 0 spiro atoms. The standard InChI is InChI=1S/C14H21N3O3/c1-16-6-7-17(2)10(9-16)8-15-14(20)13-11(18)4-3-5-12(13)19/h3-5,10,18-19H,6-9H2,1-2H3,(H,15,20). The van der Waals surface area contributed by atoms with E-state index in [9.17, 15) is 15.0 Å². The summed E-state index contributed by atoms with van der Waals surface area (Å²) in [5, 5.41) is 22.1. The highest BCUT2D eigenvalue weighted by molar-refractivity contribution is 5.99. The van der Waals surface area contributed by atoms with Crippen LogP contribution in [0.25, 0.3) is 0 Å². The molecule has 0 radical (unpaired) electrons. The summed E-state index contributed by atoms with van der Waals surface area (Å²) in [4.78, 5) is 16.5. The van der Waals surface area contributed by atoms with Gasteiger partial charge in [-0.15, -0.1) is 0 Å². The van der Waals surface area contributed by atoms with Gasteiger partial charge in [-0.1, -0.05) is 6.07 Å². The summed E-state index contributed by atoms with van der Waals surface area (Å²) in [6.07, 6.45) is 0. The number of phenols is 2. The van der Waals surface area contributed by atoms with E-state index < -0.39 is 5.91 Å². The van der Waals surface area contributed by atoms with E-state index >= 15 is 0 Å². The summed E-state index contributed by atoms with van der Waals surface area (Å²) in [5.41, 5.74) is -0.0701. The maximum Gasteiger partial charge on any atom is 0.258 e. The van der Waals surface area contributed by atoms with Gasteiger partial charge in [0, 0.05) is 32.2 Å². The van der Waals surface area contributed by atoms with Crippen LogP contribution >= 0.6 is 0 Å². The van der Waals surface area contributed by atoms with Gasteiger partial charge in [-0.2, -0.15) is 0 Å². The van der Waals surface area contributed by atoms with Gasteiger partial charge >= 0.3 is 0 Å². The van der Waals surface area contributed by atoms with Crippen molar-refractivity contribution < 1.29 is 15.0 Å². The second-order valence-corrected chi connectivity index (χ2v) is 5.28. The highest BCUT2D eigenvalue weighted by atomic mass is 16.3. The van der Waals surface area contributed by atoms with E-state index in [-0.39, 0.29) is 23.1 Å². The van der Waals surface area contributed by atoms with Crippen molar-refractivity contribution in [3.8, 4) is 11.5 Å². The molecule has 1 aromatic rings. The summed E-state index contributed by atoms with van der Waals surface area (Å²) in [6.45, 7) is 3.33. The van der Waals surface area contributed by atoms with Crippen LogP contribution in [0.3, 0.4) is 0 Å². The predicted molar refractivity (Wildman–Crippen MR) is 76.0 cm³/mol. The number of carbonyl (C=O) groups is 1. The summed E-state index contributed by atoms with van der Waals surface area (Å²) >= 11 is 0. The van der Waals surface area contributed by atoms with Crippen LogP contribution in [-0.4, -0.2) is 72.2 Å². The van der Waals surface area contributed by atoms with Crippen molar-refractivity contribution in [2.24, 2.45) is 0 Å². The molecule has 20 heavy (non-hydrogen) atoms. The third-order valence-corrected chi connectivity index (χ3v) is 3.73. The van der Waals surface area contributed by atoms with Gasteiger partial charge in [-0.3, -0.25) is 9.69 Å². The lowest BCUT2D eigenvalue weighted by atomic mass is 10.1. The number of likely N-dealkylation sites (N-methyl/N-ethyl adjacent to an activating group) is 2. The Kier molecular flexibility index (Phi) is 4.46. The average molecular weight is 279 g/mol. The first kappa shape index (κ1) is 14.6. The Labute approximate surface area is 118 Å². The Morgan fingerprint density at radius 2 is 1.95 bits per heavy atom. The van der Waals surface area contributed by atoms with Gasteiger partial charge in [0.1, 0.15) is 17.1 Å². The largest absolute Gasteiger partial charge is 0.507 e. The number of phenolic OH excluding ortho intramolecular Hbond substituents is 2. The van der Waals surface area contributed by atoms with E-state index in [0.29, 0.717) is 6.54 Å². The van der Waals surface area contributed by atoms with Crippen LogP contribution < -0.4 is 5.32 Å². The van der Waals surface area contributed by atoms with Crippen molar-refractivity contribution in [2.45, 2.75) is 6.04 Å². The first-order valence-corrected chi connectivity index (χ1v) is 6.67. The SMILES string of the molecule is CN1CCN(C)C(CNC(=O)c2c(O)cccc2O)C1. The van der Waals surface area contributed by atoms with Crippen molar-refractivity contribution in [1.82, 2.24) is 15.1 Å². The molecule has 1 saturated heterocycles. The van der Waals surface area contributed by atoms with Gasteiger partial charge in [0.15, 0.2) is 0 Å². The first-order valence-electron chi connectivity index (χ1n) is 6.67. The second kappa shape index (κ2) is 6.11. The van der Waals surface area contributed by atoms with Crippen molar-refractivity contribution in [3.05, 3.63) is 23.8 Å². The number of nitrogens with zero attached hydrogens (tertiary/aromatic N) is 2. The second-order valence-electron chi connectivity index (χ2n) is 5.28. The van der Waals surface area contributed by atoms with Crippen molar-refractivity contribution in [1.29, 1.82) is 0 Å². The van der Waals surface area contributed by atoms with Crippen molar-refractivity contribution in [3.63, 3.8) is 0 Å². The summed E-state index contributed by atoms with van der Waals surface area (Å²) in [7, 11) is 4.08. The normalized spacial score (nSPS) is 20.8. The van der Waals surface area contributed by atoms with Gasteiger partial charge in [-0.05, 0) is 26.2 Å². The lowest BCUT2D eigenvalue weighted by molar-refractivity contribution is 0.0876. The molecule has 0 saturated carbocycles. The van der Waals surface area contributed by atoms with Gasteiger partial charge in [0.25, 0.3) is 5.91 Å². The molecular formula is C14H21N3O3. The number of hydrogen-bond donors (Lipinski definition) is 3. The summed E-state index contributed by atoms with van der Waals surface area (Å²) in [5.74, 6) is -0.879. The van der Waals surface area contributed by atoms with Crippen LogP contribution in [0.1, 0.15) is 10.4 Å². The Morgan fingerprint density at radius 3 is 2.60 bits per heavy atom. The van der Waals surface area contributed by atoms with Gasteiger partial charge in [0.05, 0.1) is 0 Å². The highest BCUT2D eigenvalue weighted by Gasteiger charge is 2.23. The van der Waals surface area contributed by atoms with Gasteiger partial charge in [0.2, 0.25) is 0 Å². The topological polar surface area (TPSA) is 76.0 Å². The van der Waals surface area contributed by atoms with Crippen LogP contribution in [0, 0.1) is 0 Å². The Bertz CT molecular complexity index is 472. The minimum Gasteiger partial charge on any atom is -0.507 e. The number of carbonyl (C=O) groups excluding carboxylic acids is 1. The molecule has 0 aromatic heterocycles. The molecule has 0 aliphatic carbocycles. The zero-order chi connectivity index (χ0) is 14.7. The summed E-state index contributed by atoms with van der Waals surface area (Å²) < 4.78 is 0. The number of hydrogen-bond acceptors (Lipinski definition) is 5. The van der Waals surface area contributed by atoms with Crippen LogP contribution in [0.15, 0.2) is 18.2 Å². The maximum atomic E-state index is 12.1. The molecule has 1 aliphatic heterocycles. The molecule has 1 aromatic carbocycles. The molecular weight excluding hydrogens is 258 g/mol. The molecule has 1 atom stereocenters. The quantitative estimate of drug-likeness (QED) is 0.730. The lowest BCUT2D eigenvalue weighted by Crippen LogP contribution is -2.54. The maximum absolute atomic E-state index is 12.1. The number of aromatic hydroxyl groups is 2. The molecule has 0 bridgehead atoms. The molecule has 1 unspecified atom stereocenters. The first-order chi connectivity index (χ1) is 9.49. The average Bonchev–Trinajstić information content (AvgIpc) is 2.39. The zero-order valence-electron chi connectivity index (χ0n) is 11.8. The molecule has 1 heterocycles. The van der Waals surface area contributed by atoms with Crippen LogP contribution in [0.2, 0.25) is 0 Å². The number of benzene rings is 1. The number of piperazine rings is 1. The zero-order valence-corrected chi connectivity index (χ0v) is 11.8. The molecule has 3 N–H and O–H groups in total. The molecule has 1 aliphatic rings. The molecule has 1 fully saturated rings. The van der Waals surface area contributed by atoms with Crippen LogP contribution in [0.4, 0.5) is 0 Å². The number of amides is 1. The number of rotatable bonds is 3. The third-order valence-electron chi connectivity index (χ3n) is 3.73. The van der Waals surface area contributed by atoms with E-state index in [1.165, 1.54) is 18.2 Å². The van der Waals surface area contributed by atoms with E-state index in [4.69, 9.17) is 0 Å². The lowest BCUT2D eigenvalue weighted by Gasteiger charge is -2.37. The van der Waals surface area contributed by atoms with E-state index in [0.717, 1.165) is 19.6 Å². The minimum absolute atomic E-state index is 0.0701. The van der Waals surface area contributed by atoms with Crippen LogP contribution in [0.5, 0.6) is 11.5 Å². The highest BCUT2D eigenvalue weighted by Crippen LogP contribution is 2.25.